The minimum atomic E-state index is -1.18. The molecule has 176 valence electrons. The second-order valence-electron chi connectivity index (χ2n) is 8.53. The molecule has 7 nitrogen and oxygen atoms in total. The number of nitrogens with zero attached hydrogens (tertiary/aromatic N) is 1. The highest BCUT2D eigenvalue weighted by molar-refractivity contribution is 5.67. The normalized spacial score (nSPS) is 11.5. The number of carboxylic acids is 3. The highest BCUT2D eigenvalue weighted by Gasteiger charge is 2.28. The number of carbonyl (C=O) groups excluding carboxylic acids is 1. The van der Waals surface area contributed by atoms with Gasteiger partial charge in [-0.05, 0) is 12.8 Å². The summed E-state index contributed by atoms with van der Waals surface area (Å²) in [6.45, 7) is 3.58. The maximum atomic E-state index is 11.0. The van der Waals surface area contributed by atoms with Gasteiger partial charge in [0, 0.05) is 12.4 Å². The summed E-state index contributed by atoms with van der Waals surface area (Å²) in [5, 5.41) is 29.0. The van der Waals surface area contributed by atoms with Crippen molar-refractivity contribution in [3.8, 4) is 0 Å². The van der Waals surface area contributed by atoms with Crippen LogP contribution in [0.1, 0.15) is 103 Å². The maximum Gasteiger partial charge on any atom is 0.309 e. The first-order valence-corrected chi connectivity index (χ1v) is 11.8. The monoisotopic (exact) mass is 429 g/mol. The molecule has 0 aliphatic carbocycles. The zero-order valence-electron chi connectivity index (χ0n) is 18.9. The van der Waals surface area contributed by atoms with E-state index < -0.39 is 17.9 Å². The van der Waals surface area contributed by atoms with Crippen molar-refractivity contribution in [3.63, 3.8) is 0 Å². The number of hydrogen-bond acceptors (Lipinski definition) is 4. The van der Waals surface area contributed by atoms with E-state index in [2.05, 4.69) is 6.92 Å². The van der Waals surface area contributed by atoms with Crippen LogP contribution in [0.2, 0.25) is 0 Å². The van der Waals surface area contributed by atoms with E-state index in [9.17, 15) is 19.5 Å². The van der Waals surface area contributed by atoms with E-state index in [4.69, 9.17) is 10.2 Å². The third-order valence-electron chi connectivity index (χ3n) is 5.88. The molecule has 0 aliphatic rings. The Labute approximate surface area is 182 Å². The van der Waals surface area contributed by atoms with Crippen LogP contribution in [0, 0.1) is 0 Å². The second-order valence-corrected chi connectivity index (χ2v) is 8.53. The molecule has 0 spiro atoms. The van der Waals surface area contributed by atoms with Crippen molar-refractivity contribution in [1.82, 2.24) is 0 Å². The average molecular weight is 430 g/mol. The van der Waals surface area contributed by atoms with E-state index in [0.717, 1.165) is 19.3 Å². The molecule has 0 aromatic rings. The van der Waals surface area contributed by atoms with E-state index in [-0.39, 0.29) is 43.4 Å². The van der Waals surface area contributed by atoms with Crippen LogP contribution in [0.25, 0.3) is 0 Å². The molecule has 2 N–H and O–H groups in total. The molecule has 0 heterocycles. The molecule has 0 aromatic carbocycles. The van der Waals surface area contributed by atoms with E-state index in [1.807, 2.05) is 0 Å². The summed E-state index contributed by atoms with van der Waals surface area (Å²) in [4.78, 5) is 33.0. The second kappa shape index (κ2) is 18.2. The molecule has 0 unspecified atom stereocenters. The summed E-state index contributed by atoms with van der Waals surface area (Å²) in [7, 11) is 0. The summed E-state index contributed by atoms with van der Waals surface area (Å²) in [5.74, 6) is -3.08. The SMILES string of the molecule is CCCCCCCCCCCCCC[N+](CCC(=O)[O-])(CCC(=O)O)CCC(=O)O. The van der Waals surface area contributed by atoms with E-state index in [1.54, 1.807) is 0 Å². The molecule has 0 amide bonds. The Morgan fingerprint density at radius 3 is 1.33 bits per heavy atom. The molecular formula is C23H43NO6. The standard InChI is InChI=1S/C23H43NO6/c1-2-3-4-5-6-7-8-9-10-11-12-13-17-24(18-14-21(25)26,19-15-22(27)28)20-16-23(29)30/h2-20H2,1H3,(H2-,25,26,27,28,29,30). The molecule has 0 atom stereocenters. The summed E-state index contributed by atoms with van der Waals surface area (Å²) < 4.78 is 0.227. The Bertz CT molecular complexity index is 435. The van der Waals surface area contributed by atoms with Gasteiger partial charge in [0.05, 0.1) is 39.0 Å². The number of hydrogen-bond donors (Lipinski definition) is 2. The number of rotatable bonds is 22. The van der Waals surface area contributed by atoms with Gasteiger partial charge in [0.25, 0.3) is 0 Å². The van der Waals surface area contributed by atoms with Crippen molar-refractivity contribution in [2.24, 2.45) is 0 Å². The highest BCUT2D eigenvalue weighted by atomic mass is 16.4. The van der Waals surface area contributed by atoms with Crippen molar-refractivity contribution in [2.45, 2.75) is 103 Å². The van der Waals surface area contributed by atoms with Crippen LogP contribution >= 0.6 is 0 Å². The van der Waals surface area contributed by atoms with Crippen LogP contribution in [0.5, 0.6) is 0 Å². The topological polar surface area (TPSA) is 115 Å². The van der Waals surface area contributed by atoms with Gasteiger partial charge in [-0.2, -0.15) is 0 Å². The third-order valence-corrected chi connectivity index (χ3v) is 5.88. The van der Waals surface area contributed by atoms with Crippen molar-refractivity contribution in [2.75, 3.05) is 26.2 Å². The fourth-order valence-corrected chi connectivity index (χ4v) is 3.95. The van der Waals surface area contributed by atoms with E-state index in [1.165, 1.54) is 57.8 Å². The molecule has 30 heavy (non-hydrogen) atoms. The highest BCUT2D eigenvalue weighted by Crippen LogP contribution is 2.17. The summed E-state index contributed by atoms with van der Waals surface area (Å²) >= 11 is 0. The number of unbranched alkanes of at least 4 members (excludes halogenated alkanes) is 11. The number of carbonyl (C=O) groups is 3. The number of quaternary nitrogens is 1. The average Bonchev–Trinajstić information content (AvgIpc) is 2.69. The van der Waals surface area contributed by atoms with Crippen molar-refractivity contribution >= 4 is 17.9 Å². The fourth-order valence-electron chi connectivity index (χ4n) is 3.95. The molecule has 0 fully saturated rings. The van der Waals surface area contributed by atoms with Crippen LogP contribution in [0.4, 0.5) is 0 Å². The van der Waals surface area contributed by atoms with Gasteiger partial charge in [0.15, 0.2) is 0 Å². The molecular weight excluding hydrogens is 386 g/mol. The molecule has 7 heteroatoms. The first-order valence-electron chi connectivity index (χ1n) is 11.8. The smallest absolute Gasteiger partial charge is 0.309 e. The predicted octanol–water partition coefficient (Wildman–Crippen LogP) is 3.59. The molecule has 0 saturated heterocycles. The fraction of sp³-hybridized carbons (Fsp3) is 0.870. The van der Waals surface area contributed by atoms with Gasteiger partial charge in [-0.25, -0.2) is 0 Å². The van der Waals surface area contributed by atoms with Gasteiger partial charge in [0.2, 0.25) is 0 Å². The minimum Gasteiger partial charge on any atom is -0.550 e. The summed E-state index contributed by atoms with van der Waals surface area (Å²) in [5.41, 5.74) is 0. The quantitative estimate of drug-likeness (QED) is 0.201. The minimum absolute atomic E-state index is 0.0923. The first-order chi connectivity index (χ1) is 14.3. The molecule has 0 rings (SSSR count). The Kier molecular flexibility index (Phi) is 17.2. The number of aliphatic carboxylic acids is 3. The molecule has 0 saturated carbocycles. The zero-order chi connectivity index (χ0) is 22.7. The molecule has 0 aromatic heterocycles. The van der Waals surface area contributed by atoms with Gasteiger partial charge < -0.3 is 24.6 Å². The van der Waals surface area contributed by atoms with Crippen LogP contribution < -0.4 is 5.11 Å². The van der Waals surface area contributed by atoms with Gasteiger partial charge in [-0.1, -0.05) is 71.1 Å². The van der Waals surface area contributed by atoms with Crippen molar-refractivity contribution < 1.29 is 34.2 Å². The lowest BCUT2D eigenvalue weighted by molar-refractivity contribution is -0.927. The van der Waals surface area contributed by atoms with Crippen molar-refractivity contribution in [3.05, 3.63) is 0 Å². The Morgan fingerprint density at radius 2 is 0.967 bits per heavy atom. The third kappa shape index (κ3) is 17.2. The Balaban J connectivity index is 4.29. The first kappa shape index (κ1) is 28.4. The van der Waals surface area contributed by atoms with E-state index in [0.29, 0.717) is 6.54 Å². The van der Waals surface area contributed by atoms with Crippen molar-refractivity contribution in [1.29, 1.82) is 0 Å². The van der Waals surface area contributed by atoms with Gasteiger partial charge in [-0.15, -0.1) is 0 Å². The van der Waals surface area contributed by atoms with Crippen LogP contribution in [0.3, 0.4) is 0 Å². The lowest BCUT2D eigenvalue weighted by atomic mass is 10.0. The lowest BCUT2D eigenvalue weighted by Crippen LogP contribution is -2.53. The van der Waals surface area contributed by atoms with Gasteiger partial charge >= 0.3 is 11.9 Å². The van der Waals surface area contributed by atoms with E-state index >= 15 is 0 Å². The summed E-state index contributed by atoms with van der Waals surface area (Å²) in [6.07, 6.45) is 14.2. The largest absolute Gasteiger partial charge is 0.550 e. The summed E-state index contributed by atoms with van der Waals surface area (Å²) in [6, 6.07) is 0. The Morgan fingerprint density at radius 1 is 0.600 bits per heavy atom. The molecule has 0 bridgehead atoms. The predicted molar refractivity (Wildman–Crippen MR) is 115 cm³/mol. The van der Waals surface area contributed by atoms with Gasteiger partial charge in [-0.3, -0.25) is 9.59 Å². The maximum absolute atomic E-state index is 11.0. The zero-order valence-corrected chi connectivity index (χ0v) is 18.9. The lowest BCUT2D eigenvalue weighted by Gasteiger charge is -2.38. The molecule has 0 aliphatic heterocycles. The number of carboxylic acid groups (broad SMARTS) is 3. The van der Waals surface area contributed by atoms with Crippen LogP contribution in [0.15, 0.2) is 0 Å². The molecule has 0 radical (unpaired) electrons. The Hall–Kier alpha value is -1.63. The van der Waals surface area contributed by atoms with Gasteiger partial charge in [0.1, 0.15) is 0 Å². The van der Waals surface area contributed by atoms with Crippen LogP contribution in [-0.4, -0.2) is 58.8 Å². The van der Waals surface area contributed by atoms with Crippen LogP contribution in [-0.2, 0) is 14.4 Å².